The molecule has 2 rings (SSSR count). The minimum Gasteiger partial charge on any atom is -0.488 e. The summed E-state index contributed by atoms with van der Waals surface area (Å²) in [5.41, 5.74) is 0.310. The maximum absolute atomic E-state index is 14.0. The zero-order valence-corrected chi connectivity index (χ0v) is 15.0. The average molecular weight is 357 g/mol. The van der Waals surface area contributed by atoms with Gasteiger partial charge >= 0.3 is 0 Å². The first-order valence-corrected chi connectivity index (χ1v) is 9.19. The Balaban J connectivity index is 1.92. The Labute approximate surface area is 148 Å². The highest BCUT2D eigenvalue weighted by Gasteiger charge is 2.29. The molecule has 0 fully saturated rings. The van der Waals surface area contributed by atoms with Gasteiger partial charge in [-0.1, -0.05) is 13.3 Å². The number of unbranched alkanes of at least 4 members (excludes halogenated alkanes) is 1. The Kier molecular flexibility index (Phi) is 8.58. The first-order chi connectivity index (χ1) is 12.2. The Morgan fingerprint density at radius 2 is 1.88 bits per heavy atom. The number of ether oxygens (including phenoxy) is 2. The molecule has 1 aliphatic rings. The van der Waals surface area contributed by atoms with E-state index in [0.717, 1.165) is 44.5 Å². The minimum atomic E-state index is -0.513. The predicted molar refractivity (Wildman–Crippen MR) is 93.0 cm³/mol. The van der Waals surface area contributed by atoms with Crippen molar-refractivity contribution in [2.24, 2.45) is 0 Å². The molecule has 0 bridgehead atoms. The number of fused-ring (bicyclic) bond motifs is 1. The highest BCUT2D eigenvalue weighted by molar-refractivity contribution is 5.38. The number of hydrogen-bond donors (Lipinski definition) is 1. The number of halogens is 2. The van der Waals surface area contributed by atoms with Crippen molar-refractivity contribution in [1.29, 1.82) is 0 Å². The number of benzene rings is 1. The summed E-state index contributed by atoms with van der Waals surface area (Å²) in [6.45, 7) is 5.51. The van der Waals surface area contributed by atoms with E-state index in [1.54, 1.807) is 0 Å². The standard InChI is InChI=1S/C19H29F2NO3/c1-2-3-11-24-12-5-9-22(8-4-10-23)15-13-16-17(20)6-7-18(21)19(16)25-14-15/h6-7,15,23H,2-5,8-14H2,1H3/t15-/m0/s1. The van der Waals surface area contributed by atoms with Gasteiger partial charge in [-0.05, 0) is 37.8 Å². The Bertz CT molecular complexity index is 528. The molecule has 4 nitrogen and oxygen atoms in total. The number of hydrogen-bond acceptors (Lipinski definition) is 4. The number of aliphatic hydroxyl groups excluding tert-OH is 1. The number of nitrogens with zero attached hydrogens (tertiary/aromatic N) is 1. The molecule has 1 aromatic rings. The maximum Gasteiger partial charge on any atom is 0.165 e. The van der Waals surface area contributed by atoms with E-state index < -0.39 is 11.6 Å². The van der Waals surface area contributed by atoms with E-state index in [-0.39, 0.29) is 18.4 Å². The van der Waals surface area contributed by atoms with Crippen LogP contribution >= 0.6 is 0 Å². The Morgan fingerprint density at radius 1 is 1.16 bits per heavy atom. The van der Waals surface area contributed by atoms with Crippen LogP contribution in [0.3, 0.4) is 0 Å². The van der Waals surface area contributed by atoms with Crippen LogP contribution in [0.5, 0.6) is 5.75 Å². The van der Waals surface area contributed by atoms with Crippen LogP contribution in [0.15, 0.2) is 12.1 Å². The zero-order valence-electron chi connectivity index (χ0n) is 15.0. The topological polar surface area (TPSA) is 41.9 Å². The van der Waals surface area contributed by atoms with Gasteiger partial charge in [0.05, 0.1) is 0 Å². The highest BCUT2D eigenvalue weighted by atomic mass is 19.1. The molecule has 0 aliphatic carbocycles. The molecule has 0 unspecified atom stereocenters. The SMILES string of the molecule is CCCCOCCCN(CCCO)[C@@H]1COc2c(F)ccc(F)c2C1. The molecular formula is C19H29F2NO3. The summed E-state index contributed by atoms with van der Waals surface area (Å²) in [4.78, 5) is 2.19. The third kappa shape index (κ3) is 5.90. The van der Waals surface area contributed by atoms with Gasteiger partial charge in [-0.3, -0.25) is 4.90 Å². The lowest BCUT2D eigenvalue weighted by Gasteiger charge is -2.35. The van der Waals surface area contributed by atoms with Crippen LogP contribution in [0.2, 0.25) is 0 Å². The van der Waals surface area contributed by atoms with Gasteiger partial charge in [-0.2, -0.15) is 0 Å². The molecule has 0 saturated carbocycles. The van der Waals surface area contributed by atoms with Crippen LogP contribution in [0.25, 0.3) is 0 Å². The summed E-state index contributed by atoms with van der Waals surface area (Å²) in [5.74, 6) is -0.895. The summed E-state index contributed by atoms with van der Waals surface area (Å²) in [6, 6.07) is 2.23. The minimum absolute atomic E-state index is 0.0222. The second-order valence-electron chi connectivity index (χ2n) is 6.44. The molecule has 25 heavy (non-hydrogen) atoms. The smallest absolute Gasteiger partial charge is 0.165 e. The zero-order chi connectivity index (χ0) is 18.1. The van der Waals surface area contributed by atoms with Crippen molar-refractivity contribution >= 4 is 0 Å². The summed E-state index contributed by atoms with van der Waals surface area (Å²) < 4.78 is 38.9. The van der Waals surface area contributed by atoms with Gasteiger partial charge in [0.1, 0.15) is 12.4 Å². The molecule has 1 N–H and O–H groups in total. The normalized spacial score (nSPS) is 16.8. The van der Waals surface area contributed by atoms with Crippen LogP contribution in [0.4, 0.5) is 8.78 Å². The summed E-state index contributed by atoms with van der Waals surface area (Å²) in [5, 5.41) is 9.13. The van der Waals surface area contributed by atoms with Gasteiger partial charge in [-0.15, -0.1) is 0 Å². The van der Waals surface area contributed by atoms with E-state index in [1.165, 1.54) is 0 Å². The lowest BCUT2D eigenvalue weighted by molar-refractivity contribution is 0.0827. The summed E-state index contributed by atoms with van der Waals surface area (Å²) in [6.07, 6.45) is 4.10. The quantitative estimate of drug-likeness (QED) is 0.618. The number of aliphatic hydroxyl groups is 1. The molecule has 1 atom stereocenters. The van der Waals surface area contributed by atoms with Gasteiger partial charge in [0.15, 0.2) is 11.6 Å². The van der Waals surface area contributed by atoms with Crippen LogP contribution < -0.4 is 4.74 Å². The molecule has 142 valence electrons. The third-order valence-electron chi connectivity index (χ3n) is 4.51. The van der Waals surface area contributed by atoms with Gasteiger partial charge < -0.3 is 14.6 Å². The molecule has 0 amide bonds. The van der Waals surface area contributed by atoms with Gasteiger partial charge in [0.2, 0.25) is 0 Å². The van der Waals surface area contributed by atoms with Gasteiger partial charge in [-0.25, -0.2) is 8.78 Å². The fourth-order valence-corrected chi connectivity index (χ4v) is 3.10. The van der Waals surface area contributed by atoms with Gasteiger partial charge in [0, 0.05) is 44.5 Å². The summed E-state index contributed by atoms with van der Waals surface area (Å²) >= 11 is 0. The van der Waals surface area contributed by atoms with Crippen molar-refractivity contribution in [3.63, 3.8) is 0 Å². The first kappa shape index (κ1) is 20.1. The van der Waals surface area contributed by atoms with Crippen molar-refractivity contribution in [2.45, 2.75) is 45.1 Å². The molecule has 0 spiro atoms. The lowest BCUT2D eigenvalue weighted by Crippen LogP contribution is -2.45. The van der Waals surface area contributed by atoms with Crippen LogP contribution in [0.1, 0.15) is 38.2 Å². The molecule has 1 heterocycles. The largest absolute Gasteiger partial charge is 0.488 e. The fraction of sp³-hybridized carbons (Fsp3) is 0.684. The van der Waals surface area contributed by atoms with Crippen molar-refractivity contribution in [1.82, 2.24) is 4.90 Å². The van der Waals surface area contributed by atoms with E-state index in [2.05, 4.69) is 11.8 Å². The Hall–Kier alpha value is -1.24. The average Bonchev–Trinajstić information content (AvgIpc) is 2.63. The third-order valence-corrected chi connectivity index (χ3v) is 4.51. The molecule has 1 aromatic carbocycles. The second-order valence-corrected chi connectivity index (χ2v) is 6.44. The fourth-order valence-electron chi connectivity index (χ4n) is 3.10. The number of rotatable bonds is 11. The van der Waals surface area contributed by atoms with E-state index in [9.17, 15) is 8.78 Å². The molecule has 1 aliphatic heterocycles. The van der Waals surface area contributed by atoms with E-state index in [1.807, 2.05) is 0 Å². The van der Waals surface area contributed by atoms with Crippen LogP contribution in [0, 0.1) is 11.6 Å². The van der Waals surface area contributed by atoms with Crippen LogP contribution in [-0.2, 0) is 11.2 Å². The predicted octanol–water partition coefficient (Wildman–Crippen LogP) is 3.16. The Morgan fingerprint density at radius 3 is 2.64 bits per heavy atom. The van der Waals surface area contributed by atoms with Crippen molar-refractivity contribution in [3.05, 3.63) is 29.3 Å². The summed E-state index contributed by atoms with van der Waals surface area (Å²) in [7, 11) is 0. The highest BCUT2D eigenvalue weighted by Crippen LogP contribution is 2.31. The van der Waals surface area contributed by atoms with E-state index in [4.69, 9.17) is 14.6 Å². The van der Waals surface area contributed by atoms with Crippen molar-refractivity contribution in [2.75, 3.05) is 39.5 Å². The van der Waals surface area contributed by atoms with E-state index >= 15 is 0 Å². The van der Waals surface area contributed by atoms with E-state index in [0.29, 0.717) is 38.2 Å². The van der Waals surface area contributed by atoms with Crippen molar-refractivity contribution in [3.8, 4) is 5.75 Å². The maximum atomic E-state index is 14.0. The van der Waals surface area contributed by atoms with Gasteiger partial charge in [0.25, 0.3) is 0 Å². The van der Waals surface area contributed by atoms with Crippen LogP contribution in [-0.4, -0.2) is 55.6 Å². The second kappa shape index (κ2) is 10.7. The molecule has 0 radical (unpaired) electrons. The molecule has 6 heteroatoms. The molecule has 0 aromatic heterocycles. The molecular weight excluding hydrogens is 328 g/mol. The lowest BCUT2D eigenvalue weighted by atomic mass is 10.00. The first-order valence-electron chi connectivity index (χ1n) is 9.19. The van der Waals surface area contributed by atoms with Crippen molar-refractivity contribution < 1.29 is 23.4 Å². The molecule has 0 saturated heterocycles. The monoisotopic (exact) mass is 357 g/mol.